The summed E-state index contributed by atoms with van der Waals surface area (Å²) in [6.45, 7) is 6.45. The lowest BCUT2D eigenvalue weighted by Gasteiger charge is -2.29. The Kier molecular flexibility index (Phi) is 6.85. The van der Waals surface area contributed by atoms with Crippen molar-refractivity contribution in [1.82, 2.24) is 4.90 Å². The van der Waals surface area contributed by atoms with Crippen LogP contribution in [0, 0.1) is 0 Å². The van der Waals surface area contributed by atoms with E-state index in [2.05, 4.69) is 30.9 Å². The molecule has 1 amide bonds. The van der Waals surface area contributed by atoms with Gasteiger partial charge in [0.1, 0.15) is 0 Å². The minimum absolute atomic E-state index is 0.0108. The molecule has 29 heavy (non-hydrogen) atoms. The van der Waals surface area contributed by atoms with Crippen LogP contribution in [0.2, 0.25) is 5.02 Å². The number of carbonyl (C=O) groups excluding carboxylic acids is 1. The highest BCUT2D eigenvalue weighted by atomic mass is 35.5. The third-order valence-electron chi connectivity index (χ3n) is 5.40. The molecule has 5 nitrogen and oxygen atoms in total. The Hall–Kier alpha value is -2.05. The average Bonchev–Trinajstić information content (AvgIpc) is 3.07. The fourth-order valence-electron chi connectivity index (χ4n) is 3.77. The molecule has 2 aromatic rings. The predicted octanol–water partition coefficient (Wildman–Crippen LogP) is 4.02. The fourth-order valence-corrected chi connectivity index (χ4v) is 5.69. The maximum atomic E-state index is 13.2. The van der Waals surface area contributed by atoms with E-state index in [1.54, 1.807) is 29.2 Å². The summed E-state index contributed by atoms with van der Waals surface area (Å²) in [5.74, 6) is -0.0585. The summed E-state index contributed by atoms with van der Waals surface area (Å²) >= 11 is 6.06. The second-order valence-electron chi connectivity index (χ2n) is 7.34. The maximum absolute atomic E-state index is 13.2. The summed E-state index contributed by atoms with van der Waals surface area (Å²) in [5.41, 5.74) is 2.58. The lowest BCUT2D eigenvalue weighted by atomic mass is 10.1. The molecule has 0 N–H and O–H groups in total. The summed E-state index contributed by atoms with van der Waals surface area (Å²) in [6.07, 6.45) is 0.464. The first-order valence-electron chi connectivity index (χ1n) is 9.93. The Morgan fingerprint density at radius 3 is 2.34 bits per heavy atom. The van der Waals surface area contributed by atoms with Gasteiger partial charge >= 0.3 is 0 Å². The van der Waals surface area contributed by atoms with Gasteiger partial charge in [0, 0.05) is 41.9 Å². The van der Waals surface area contributed by atoms with Crippen molar-refractivity contribution in [2.45, 2.75) is 32.9 Å². The van der Waals surface area contributed by atoms with Crippen LogP contribution in [-0.2, 0) is 16.4 Å². The number of rotatable bonds is 7. The highest BCUT2D eigenvalue weighted by Crippen LogP contribution is 2.24. The van der Waals surface area contributed by atoms with E-state index in [1.165, 1.54) is 0 Å². The number of benzene rings is 2. The lowest BCUT2D eigenvalue weighted by molar-refractivity contribution is 0.0681. The first-order chi connectivity index (χ1) is 13.8. The smallest absolute Gasteiger partial charge is 0.254 e. The Labute approximate surface area is 178 Å². The third kappa shape index (κ3) is 5.31. The van der Waals surface area contributed by atoms with Gasteiger partial charge in [-0.05, 0) is 56.2 Å². The molecule has 1 heterocycles. The van der Waals surface area contributed by atoms with Crippen LogP contribution in [0.1, 0.15) is 36.2 Å². The number of sulfone groups is 1. The predicted molar refractivity (Wildman–Crippen MR) is 118 cm³/mol. The Bertz CT molecular complexity index is 956. The standard InChI is InChI=1S/C22H27ClN2O3S/c1-3-24(4-2)20-10-8-17(9-11-20)15-25(21-12-13-29(27,28)16-21)22(26)18-6-5-7-19(23)14-18/h5-11,14,21H,3-4,12-13,15-16H2,1-2H3/t21-/m0/s1. The van der Waals surface area contributed by atoms with Crippen LogP contribution in [0.25, 0.3) is 0 Å². The number of hydrogen-bond acceptors (Lipinski definition) is 4. The molecule has 1 atom stereocenters. The van der Waals surface area contributed by atoms with Crippen molar-refractivity contribution < 1.29 is 13.2 Å². The summed E-state index contributed by atoms with van der Waals surface area (Å²) in [5, 5.41) is 0.485. The van der Waals surface area contributed by atoms with Gasteiger partial charge in [-0.2, -0.15) is 0 Å². The molecule has 0 radical (unpaired) electrons. The van der Waals surface area contributed by atoms with E-state index in [9.17, 15) is 13.2 Å². The molecule has 0 unspecified atom stereocenters. The molecule has 1 aliphatic heterocycles. The van der Waals surface area contributed by atoms with Gasteiger partial charge in [0.05, 0.1) is 11.5 Å². The molecule has 1 aliphatic rings. The first-order valence-corrected chi connectivity index (χ1v) is 12.1. The quantitative estimate of drug-likeness (QED) is 0.660. The molecular formula is C22H27ClN2O3S. The lowest BCUT2D eigenvalue weighted by Crippen LogP contribution is -2.40. The molecular weight excluding hydrogens is 408 g/mol. The molecule has 0 saturated carbocycles. The molecule has 1 saturated heterocycles. The third-order valence-corrected chi connectivity index (χ3v) is 7.38. The van der Waals surface area contributed by atoms with Gasteiger partial charge in [-0.25, -0.2) is 8.42 Å². The van der Waals surface area contributed by atoms with Crippen LogP contribution in [-0.4, -0.2) is 49.9 Å². The van der Waals surface area contributed by atoms with Gasteiger partial charge in [0.2, 0.25) is 0 Å². The largest absolute Gasteiger partial charge is 0.372 e. The highest BCUT2D eigenvalue weighted by Gasteiger charge is 2.35. The number of carbonyl (C=O) groups is 1. The summed E-state index contributed by atoms with van der Waals surface area (Å²) in [4.78, 5) is 17.2. The Morgan fingerprint density at radius 1 is 1.10 bits per heavy atom. The number of amides is 1. The summed E-state index contributed by atoms with van der Waals surface area (Å²) in [7, 11) is -3.11. The van der Waals surface area contributed by atoms with E-state index in [1.807, 2.05) is 12.1 Å². The maximum Gasteiger partial charge on any atom is 0.254 e. The van der Waals surface area contributed by atoms with Crippen LogP contribution in [0.4, 0.5) is 5.69 Å². The van der Waals surface area contributed by atoms with E-state index < -0.39 is 9.84 Å². The zero-order valence-electron chi connectivity index (χ0n) is 16.8. The molecule has 0 aliphatic carbocycles. The number of hydrogen-bond donors (Lipinski definition) is 0. The van der Waals surface area contributed by atoms with Crippen molar-refractivity contribution in [3.8, 4) is 0 Å². The van der Waals surface area contributed by atoms with Gasteiger partial charge in [0.25, 0.3) is 5.91 Å². The van der Waals surface area contributed by atoms with Crippen molar-refractivity contribution >= 4 is 33.0 Å². The monoisotopic (exact) mass is 434 g/mol. The molecule has 156 valence electrons. The molecule has 0 spiro atoms. The number of anilines is 1. The molecule has 7 heteroatoms. The molecule has 2 aromatic carbocycles. The fraction of sp³-hybridized carbons (Fsp3) is 0.409. The molecule has 3 rings (SSSR count). The van der Waals surface area contributed by atoms with Gasteiger partial charge in [-0.3, -0.25) is 4.79 Å². The van der Waals surface area contributed by atoms with Gasteiger partial charge in [-0.1, -0.05) is 29.8 Å². The van der Waals surface area contributed by atoms with Crippen molar-refractivity contribution in [1.29, 1.82) is 0 Å². The van der Waals surface area contributed by atoms with Gasteiger partial charge in [0.15, 0.2) is 9.84 Å². The molecule has 1 fully saturated rings. The minimum Gasteiger partial charge on any atom is -0.372 e. The van der Waals surface area contributed by atoms with Crippen LogP contribution >= 0.6 is 11.6 Å². The van der Waals surface area contributed by atoms with Crippen LogP contribution in [0.15, 0.2) is 48.5 Å². The van der Waals surface area contributed by atoms with Crippen molar-refractivity contribution in [3.63, 3.8) is 0 Å². The SMILES string of the molecule is CCN(CC)c1ccc(CN(C(=O)c2cccc(Cl)c2)[C@H]2CCS(=O)(=O)C2)cc1. The molecule has 0 aromatic heterocycles. The number of nitrogens with zero attached hydrogens (tertiary/aromatic N) is 2. The second-order valence-corrected chi connectivity index (χ2v) is 10.0. The van der Waals surface area contributed by atoms with E-state index in [0.717, 1.165) is 24.3 Å². The second kappa shape index (κ2) is 9.18. The molecule has 0 bridgehead atoms. The Balaban J connectivity index is 1.86. The van der Waals surface area contributed by atoms with Crippen LogP contribution in [0.3, 0.4) is 0 Å². The van der Waals surface area contributed by atoms with Crippen LogP contribution < -0.4 is 4.90 Å². The summed E-state index contributed by atoms with van der Waals surface area (Å²) < 4.78 is 24.1. The van der Waals surface area contributed by atoms with Gasteiger partial charge < -0.3 is 9.80 Å². The average molecular weight is 435 g/mol. The van der Waals surface area contributed by atoms with Crippen molar-refractivity contribution in [3.05, 3.63) is 64.7 Å². The normalized spacial score (nSPS) is 17.8. The van der Waals surface area contributed by atoms with E-state index in [-0.39, 0.29) is 23.5 Å². The van der Waals surface area contributed by atoms with Gasteiger partial charge in [-0.15, -0.1) is 0 Å². The Morgan fingerprint density at radius 2 is 1.79 bits per heavy atom. The minimum atomic E-state index is -3.11. The first kappa shape index (κ1) is 21.7. The van der Waals surface area contributed by atoms with E-state index >= 15 is 0 Å². The van der Waals surface area contributed by atoms with Crippen molar-refractivity contribution in [2.24, 2.45) is 0 Å². The zero-order chi connectivity index (χ0) is 21.0. The summed E-state index contributed by atoms with van der Waals surface area (Å²) in [6, 6.07) is 14.6. The van der Waals surface area contributed by atoms with Crippen LogP contribution in [0.5, 0.6) is 0 Å². The van der Waals surface area contributed by atoms with E-state index in [0.29, 0.717) is 23.6 Å². The number of halogens is 1. The zero-order valence-corrected chi connectivity index (χ0v) is 18.4. The van der Waals surface area contributed by atoms with E-state index in [4.69, 9.17) is 11.6 Å². The topological polar surface area (TPSA) is 57.7 Å². The highest BCUT2D eigenvalue weighted by molar-refractivity contribution is 7.91. The van der Waals surface area contributed by atoms with Crippen molar-refractivity contribution in [2.75, 3.05) is 29.5 Å².